The Morgan fingerprint density at radius 2 is 1.89 bits per heavy atom. The second-order valence-electron chi connectivity index (χ2n) is 4.62. The fourth-order valence-corrected chi connectivity index (χ4v) is 1.56. The van der Waals surface area contributed by atoms with E-state index in [-0.39, 0.29) is 6.09 Å². The van der Waals surface area contributed by atoms with Crippen LogP contribution in [0.2, 0.25) is 0 Å². The highest BCUT2D eigenvalue weighted by atomic mass is 16.6. The summed E-state index contributed by atoms with van der Waals surface area (Å²) in [6, 6.07) is 8.28. The number of carbonyl (C=O) groups is 1. The normalized spacial score (nSPS) is 12.0. The van der Waals surface area contributed by atoms with Gasteiger partial charge >= 0.3 is 6.09 Å². The zero-order valence-electron chi connectivity index (χ0n) is 11.8. The Kier molecular flexibility index (Phi) is 5.69. The van der Waals surface area contributed by atoms with Crippen LogP contribution >= 0.6 is 0 Å². The predicted molar refractivity (Wildman–Crippen MR) is 73.6 cm³/mol. The summed E-state index contributed by atoms with van der Waals surface area (Å²) in [7, 11) is 1.73. The standard InChI is InChI=1S/C15H23NO2/c1-5-12(3)14-9-7-13(8-10-14)11-18-15(17)16(4)6-2/h7-10,12H,5-6,11H2,1-4H3. The van der Waals surface area contributed by atoms with Gasteiger partial charge in [-0.15, -0.1) is 0 Å². The molecule has 0 heterocycles. The van der Waals surface area contributed by atoms with Crippen molar-refractivity contribution in [1.29, 1.82) is 0 Å². The van der Waals surface area contributed by atoms with Crippen LogP contribution < -0.4 is 0 Å². The first-order valence-electron chi connectivity index (χ1n) is 6.55. The number of nitrogens with zero attached hydrogens (tertiary/aromatic N) is 1. The summed E-state index contributed by atoms with van der Waals surface area (Å²) in [5.74, 6) is 0.577. The van der Waals surface area contributed by atoms with Crippen molar-refractivity contribution in [3.05, 3.63) is 35.4 Å². The molecule has 0 aromatic heterocycles. The SMILES string of the molecule is CCC(C)c1ccc(COC(=O)N(C)CC)cc1. The molecule has 1 aromatic rings. The van der Waals surface area contributed by atoms with Gasteiger partial charge in [-0.3, -0.25) is 0 Å². The van der Waals surface area contributed by atoms with E-state index in [0.29, 0.717) is 19.1 Å². The molecule has 1 rings (SSSR count). The number of hydrogen-bond donors (Lipinski definition) is 0. The molecule has 0 fully saturated rings. The number of benzene rings is 1. The molecule has 18 heavy (non-hydrogen) atoms. The van der Waals surface area contributed by atoms with Crippen LogP contribution in [0.15, 0.2) is 24.3 Å². The van der Waals surface area contributed by atoms with Crippen molar-refractivity contribution in [3.8, 4) is 0 Å². The van der Waals surface area contributed by atoms with E-state index >= 15 is 0 Å². The van der Waals surface area contributed by atoms with E-state index in [9.17, 15) is 4.79 Å². The van der Waals surface area contributed by atoms with E-state index < -0.39 is 0 Å². The molecule has 3 nitrogen and oxygen atoms in total. The van der Waals surface area contributed by atoms with Crippen LogP contribution in [-0.2, 0) is 11.3 Å². The largest absolute Gasteiger partial charge is 0.445 e. The first-order chi connectivity index (χ1) is 8.58. The lowest BCUT2D eigenvalue weighted by atomic mass is 9.98. The van der Waals surface area contributed by atoms with Gasteiger partial charge in [0.25, 0.3) is 0 Å². The Balaban J connectivity index is 2.51. The lowest BCUT2D eigenvalue weighted by molar-refractivity contribution is 0.106. The van der Waals surface area contributed by atoms with E-state index in [1.807, 2.05) is 19.1 Å². The van der Waals surface area contributed by atoms with E-state index in [1.54, 1.807) is 11.9 Å². The third-order valence-corrected chi connectivity index (χ3v) is 3.31. The Labute approximate surface area is 110 Å². The van der Waals surface area contributed by atoms with Gasteiger partial charge in [-0.1, -0.05) is 38.1 Å². The summed E-state index contributed by atoms with van der Waals surface area (Å²) < 4.78 is 5.19. The zero-order valence-corrected chi connectivity index (χ0v) is 11.8. The highest BCUT2D eigenvalue weighted by Crippen LogP contribution is 2.19. The van der Waals surface area contributed by atoms with Crippen molar-refractivity contribution in [2.75, 3.05) is 13.6 Å². The third-order valence-electron chi connectivity index (χ3n) is 3.31. The maximum absolute atomic E-state index is 11.5. The molecular formula is C15H23NO2. The van der Waals surface area contributed by atoms with Crippen molar-refractivity contribution in [2.24, 2.45) is 0 Å². The monoisotopic (exact) mass is 249 g/mol. The van der Waals surface area contributed by atoms with E-state index in [1.165, 1.54) is 5.56 Å². The minimum Gasteiger partial charge on any atom is -0.445 e. The zero-order chi connectivity index (χ0) is 13.5. The van der Waals surface area contributed by atoms with Gasteiger partial charge in [0.2, 0.25) is 0 Å². The number of amides is 1. The molecule has 1 unspecified atom stereocenters. The Bertz CT molecular complexity index is 373. The van der Waals surface area contributed by atoms with Crippen LogP contribution in [0.25, 0.3) is 0 Å². The fraction of sp³-hybridized carbons (Fsp3) is 0.533. The lowest BCUT2D eigenvalue weighted by Gasteiger charge is -2.15. The van der Waals surface area contributed by atoms with E-state index in [4.69, 9.17) is 4.74 Å². The van der Waals surface area contributed by atoms with Crippen LogP contribution in [0.1, 0.15) is 44.2 Å². The second-order valence-corrected chi connectivity index (χ2v) is 4.62. The van der Waals surface area contributed by atoms with Crippen molar-refractivity contribution in [1.82, 2.24) is 4.90 Å². The molecule has 0 bridgehead atoms. The molecule has 0 N–H and O–H groups in total. The fourth-order valence-electron chi connectivity index (χ4n) is 1.56. The molecule has 1 amide bonds. The average Bonchev–Trinajstić information content (AvgIpc) is 2.43. The van der Waals surface area contributed by atoms with Crippen LogP contribution in [0.5, 0.6) is 0 Å². The summed E-state index contributed by atoms with van der Waals surface area (Å²) in [6.45, 7) is 7.31. The van der Waals surface area contributed by atoms with Gasteiger partial charge in [0.15, 0.2) is 0 Å². The summed E-state index contributed by atoms with van der Waals surface area (Å²) >= 11 is 0. The first kappa shape index (κ1) is 14.6. The number of ether oxygens (including phenoxy) is 1. The third kappa shape index (κ3) is 4.06. The van der Waals surface area contributed by atoms with Crippen molar-refractivity contribution < 1.29 is 9.53 Å². The summed E-state index contributed by atoms with van der Waals surface area (Å²) in [6.07, 6.45) is 0.860. The van der Waals surface area contributed by atoms with E-state index in [2.05, 4.69) is 26.0 Å². The van der Waals surface area contributed by atoms with Gasteiger partial charge in [0.1, 0.15) is 6.61 Å². The molecule has 0 saturated heterocycles. The molecule has 1 aromatic carbocycles. The van der Waals surface area contributed by atoms with Crippen molar-refractivity contribution >= 4 is 6.09 Å². The first-order valence-corrected chi connectivity index (χ1v) is 6.55. The minimum atomic E-state index is -0.275. The highest BCUT2D eigenvalue weighted by Gasteiger charge is 2.08. The molecule has 0 spiro atoms. The molecule has 0 saturated carbocycles. The maximum atomic E-state index is 11.5. The Morgan fingerprint density at radius 1 is 1.28 bits per heavy atom. The van der Waals surface area contributed by atoms with Crippen LogP contribution in [0.3, 0.4) is 0 Å². The van der Waals surface area contributed by atoms with E-state index in [0.717, 1.165) is 12.0 Å². The summed E-state index contributed by atoms with van der Waals surface area (Å²) in [5, 5.41) is 0. The van der Waals surface area contributed by atoms with Crippen molar-refractivity contribution in [2.45, 2.75) is 39.7 Å². The Morgan fingerprint density at radius 3 is 2.39 bits per heavy atom. The predicted octanol–water partition coefficient (Wildman–Crippen LogP) is 3.79. The molecule has 1 atom stereocenters. The van der Waals surface area contributed by atoms with Gasteiger partial charge in [-0.2, -0.15) is 0 Å². The molecule has 3 heteroatoms. The van der Waals surface area contributed by atoms with Gasteiger partial charge < -0.3 is 9.64 Å². The van der Waals surface area contributed by atoms with Crippen LogP contribution in [0.4, 0.5) is 4.79 Å². The summed E-state index contributed by atoms with van der Waals surface area (Å²) in [5.41, 5.74) is 2.36. The molecule has 0 aliphatic heterocycles. The highest BCUT2D eigenvalue weighted by molar-refractivity contribution is 5.67. The topological polar surface area (TPSA) is 29.5 Å². The smallest absolute Gasteiger partial charge is 0.409 e. The van der Waals surface area contributed by atoms with Gasteiger partial charge in [-0.05, 0) is 30.4 Å². The number of rotatable bonds is 5. The molecule has 0 aliphatic rings. The van der Waals surface area contributed by atoms with Crippen molar-refractivity contribution in [3.63, 3.8) is 0 Å². The average molecular weight is 249 g/mol. The number of hydrogen-bond acceptors (Lipinski definition) is 2. The van der Waals surface area contributed by atoms with Crippen LogP contribution in [0, 0.1) is 0 Å². The molecule has 100 valence electrons. The lowest BCUT2D eigenvalue weighted by Crippen LogP contribution is -2.26. The molecule has 0 aliphatic carbocycles. The number of carbonyl (C=O) groups excluding carboxylic acids is 1. The second kappa shape index (κ2) is 7.04. The minimum absolute atomic E-state index is 0.275. The Hall–Kier alpha value is -1.51. The quantitative estimate of drug-likeness (QED) is 0.794. The van der Waals surface area contributed by atoms with Gasteiger partial charge in [0.05, 0.1) is 0 Å². The molecular weight excluding hydrogens is 226 g/mol. The summed E-state index contributed by atoms with van der Waals surface area (Å²) in [4.78, 5) is 13.0. The van der Waals surface area contributed by atoms with Crippen LogP contribution in [-0.4, -0.2) is 24.6 Å². The van der Waals surface area contributed by atoms with Gasteiger partial charge in [-0.25, -0.2) is 4.79 Å². The maximum Gasteiger partial charge on any atom is 0.409 e. The van der Waals surface area contributed by atoms with Gasteiger partial charge in [0, 0.05) is 13.6 Å². The molecule has 0 radical (unpaired) electrons.